The van der Waals surface area contributed by atoms with Gasteiger partial charge in [-0.1, -0.05) is 11.6 Å². The van der Waals surface area contributed by atoms with Crippen molar-refractivity contribution in [1.82, 2.24) is 0 Å². The van der Waals surface area contributed by atoms with Crippen LogP contribution in [0, 0.1) is 6.92 Å². The van der Waals surface area contributed by atoms with E-state index in [2.05, 4.69) is 5.32 Å². The number of benzene rings is 2. The van der Waals surface area contributed by atoms with Crippen molar-refractivity contribution >= 4 is 29.2 Å². The van der Waals surface area contributed by atoms with Crippen molar-refractivity contribution in [1.29, 1.82) is 0 Å². The molecule has 0 saturated carbocycles. The van der Waals surface area contributed by atoms with Gasteiger partial charge in [0, 0.05) is 12.2 Å². The van der Waals surface area contributed by atoms with Crippen molar-refractivity contribution in [3.05, 3.63) is 52.0 Å². The second kappa shape index (κ2) is 8.44. The molecule has 2 aromatic carbocycles. The Morgan fingerprint density at radius 1 is 1.27 bits per heavy atom. The minimum absolute atomic E-state index is 0.230. The van der Waals surface area contributed by atoms with Gasteiger partial charge in [-0.15, -0.1) is 0 Å². The number of rotatable bonds is 8. The largest absolute Gasteiger partial charge is 0.493 e. The average molecular weight is 379 g/mol. The zero-order valence-corrected chi connectivity index (χ0v) is 15.1. The molecule has 0 spiro atoms. The number of anilines is 1. The van der Waals surface area contributed by atoms with E-state index in [9.17, 15) is 9.59 Å². The molecule has 0 aliphatic carbocycles. The maximum Gasteiger partial charge on any atom is 0.335 e. The molecule has 2 aromatic rings. The van der Waals surface area contributed by atoms with Gasteiger partial charge in [0.05, 0.1) is 17.7 Å². The van der Waals surface area contributed by atoms with Crippen molar-refractivity contribution in [2.45, 2.75) is 13.5 Å². The molecule has 0 heterocycles. The zero-order valence-electron chi connectivity index (χ0n) is 14.3. The fourth-order valence-electron chi connectivity index (χ4n) is 2.35. The minimum Gasteiger partial charge on any atom is -0.493 e. The predicted molar refractivity (Wildman–Crippen MR) is 98.2 cm³/mol. The highest BCUT2D eigenvalue weighted by Gasteiger charge is 2.13. The highest BCUT2D eigenvalue weighted by molar-refractivity contribution is 6.32. The number of aromatic carboxylic acids is 1. The number of amides is 1. The van der Waals surface area contributed by atoms with Gasteiger partial charge in [-0.2, -0.15) is 0 Å². The number of carboxylic acids is 1. The van der Waals surface area contributed by atoms with E-state index in [0.717, 1.165) is 16.8 Å². The van der Waals surface area contributed by atoms with Crippen molar-refractivity contribution in [2.75, 3.05) is 19.0 Å². The number of halogens is 1. The first-order chi connectivity index (χ1) is 12.3. The number of carbonyl (C=O) groups is 2. The first-order valence-electron chi connectivity index (χ1n) is 7.67. The highest BCUT2D eigenvalue weighted by atomic mass is 35.5. The van der Waals surface area contributed by atoms with Crippen LogP contribution in [0.4, 0.5) is 5.69 Å². The zero-order chi connectivity index (χ0) is 19.3. The standard InChI is InChI=1S/C18H19ClN2O5/c1-10-5-12(18(23)24)3-4-14(10)21-8-11-6-13(19)17(15(7-11)25-2)26-9-16(20)22/h3-7,21H,8-9H2,1-2H3,(H2,20,22)(H,23,24). The van der Waals surface area contributed by atoms with Crippen molar-refractivity contribution in [3.8, 4) is 11.5 Å². The third-order valence-electron chi connectivity index (χ3n) is 3.60. The average Bonchev–Trinajstić information content (AvgIpc) is 2.58. The molecule has 0 fully saturated rings. The second-order valence-electron chi connectivity index (χ2n) is 5.55. The van der Waals surface area contributed by atoms with Crippen molar-refractivity contribution in [2.24, 2.45) is 5.73 Å². The van der Waals surface area contributed by atoms with Gasteiger partial charge in [0.1, 0.15) is 0 Å². The van der Waals surface area contributed by atoms with Gasteiger partial charge in [0.25, 0.3) is 5.91 Å². The third-order valence-corrected chi connectivity index (χ3v) is 3.89. The lowest BCUT2D eigenvalue weighted by Gasteiger charge is -2.15. The summed E-state index contributed by atoms with van der Waals surface area (Å²) in [6.45, 7) is 1.95. The van der Waals surface area contributed by atoms with Gasteiger partial charge in [-0.05, 0) is 48.4 Å². The van der Waals surface area contributed by atoms with Crippen molar-refractivity contribution in [3.63, 3.8) is 0 Å². The molecule has 0 bridgehead atoms. The summed E-state index contributed by atoms with van der Waals surface area (Å²) in [5.41, 5.74) is 7.74. The second-order valence-corrected chi connectivity index (χ2v) is 5.96. The smallest absolute Gasteiger partial charge is 0.335 e. The van der Waals surface area contributed by atoms with E-state index in [1.807, 2.05) is 6.92 Å². The molecule has 138 valence electrons. The van der Waals surface area contributed by atoms with Gasteiger partial charge in [0.2, 0.25) is 0 Å². The molecule has 4 N–H and O–H groups in total. The Bertz CT molecular complexity index is 839. The van der Waals surface area contributed by atoms with Crippen LogP contribution in [0.1, 0.15) is 21.5 Å². The SMILES string of the molecule is COc1cc(CNc2ccc(C(=O)O)cc2C)cc(Cl)c1OCC(N)=O. The molecule has 26 heavy (non-hydrogen) atoms. The Balaban J connectivity index is 2.16. The van der Waals surface area contributed by atoms with E-state index in [-0.39, 0.29) is 17.9 Å². The molecule has 0 aliphatic rings. The number of hydrogen-bond acceptors (Lipinski definition) is 5. The number of methoxy groups -OCH3 is 1. The van der Waals surface area contributed by atoms with Gasteiger partial charge in [-0.3, -0.25) is 4.79 Å². The Labute approximate surface area is 155 Å². The molecule has 1 amide bonds. The summed E-state index contributed by atoms with van der Waals surface area (Å²) < 4.78 is 10.5. The molecule has 0 saturated heterocycles. The topological polar surface area (TPSA) is 111 Å². The number of nitrogens with one attached hydrogen (secondary N) is 1. The normalized spacial score (nSPS) is 10.3. The summed E-state index contributed by atoms with van der Waals surface area (Å²) in [7, 11) is 1.47. The summed E-state index contributed by atoms with van der Waals surface area (Å²) in [6, 6.07) is 8.26. The molecule has 2 rings (SSSR count). The van der Waals surface area contributed by atoms with Crippen molar-refractivity contribution < 1.29 is 24.2 Å². The van der Waals surface area contributed by atoms with E-state index in [1.165, 1.54) is 13.2 Å². The first-order valence-corrected chi connectivity index (χ1v) is 8.05. The first kappa shape index (κ1) is 19.4. The Hall–Kier alpha value is -2.93. The van der Waals surface area contributed by atoms with Crippen LogP contribution >= 0.6 is 11.6 Å². The maximum absolute atomic E-state index is 11.0. The van der Waals surface area contributed by atoms with Gasteiger partial charge >= 0.3 is 5.97 Å². The Morgan fingerprint density at radius 3 is 2.58 bits per heavy atom. The number of hydrogen-bond donors (Lipinski definition) is 3. The Morgan fingerprint density at radius 2 is 2.00 bits per heavy atom. The van der Waals surface area contributed by atoms with Crippen LogP contribution in [0.2, 0.25) is 5.02 Å². The van der Waals surface area contributed by atoms with Crippen LogP contribution in [0.15, 0.2) is 30.3 Å². The monoisotopic (exact) mass is 378 g/mol. The predicted octanol–water partition coefficient (Wildman–Crippen LogP) is 2.83. The molecule has 8 heteroatoms. The number of carbonyl (C=O) groups excluding carboxylic acids is 1. The van der Waals surface area contributed by atoms with E-state index in [0.29, 0.717) is 17.3 Å². The fourth-order valence-corrected chi connectivity index (χ4v) is 2.64. The molecule has 0 unspecified atom stereocenters. The summed E-state index contributed by atoms with van der Waals surface area (Å²) in [4.78, 5) is 21.9. The van der Waals surface area contributed by atoms with Crippen LogP contribution in [-0.2, 0) is 11.3 Å². The number of aryl methyl sites for hydroxylation is 1. The van der Waals surface area contributed by atoms with E-state index in [1.54, 1.807) is 24.3 Å². The minimum atomic E-state index is -0.970. The van der Waals surface area contributed by atoms with E-state index < -0.39 is 11.9 Å². The highest BCUT2D eigenvalue weighted by Crippen LogP contribution is 2.36. The van der Waals surface area contributed by atoms with E-state index >= 15 is 0 Å². The molecule has 7 nitrogen and oxygen atoms in total. The quantitative estimate of drug-likeness (QED) is 0.651. The fraction of sp³-hybridized carbons (Fsp3) is 0.222. The van der Waals surface area contributed by atoms with Gasteiger partial charge < -0.3 is 25.6 Å². The lowest BCUT2D eigenvalue weighted by atomic mass is 10.1. The lowest BCUT2D eigenvalue weighted by molar-refractivity contribution is -0.119. The molecule has 0 aliphatic heterocycles. The van der Waals surface area contributed by atoms with Crippen LogP contribution in [0.5, 0.6) is 11.5 Å². The molecule has 0 radical (unpaired) electrons. The van der Waals surface area contributed by atoms with Crippen LogP contribution < -0.4 is 20.5 Å². The maximum atomic E-state index is 11.0. The molecule has 0 aromatic heterocycles. The lowest BCUT2D eigenvalue weighted by Crippen LogP contribution is -2.20. The summed E-state index contributed by atoms with van der Waals surface area (Å²) >= 11 is 6.22. The number of primary amides is 1. The summed E-state index contributed by atoms with van der Waals surface area (Å²) in [5.74, 6) is -0.955. The third kappa shape index (κ3) is 4.80. The molecular weight excluding hydrogens is 360 g/mol. The van der Waals surface area contributed by atoms with E-state index in [4.69, 9.17) is 31.9 Å². The molecular formula is C18H19ClN2O5. The summed E-state index contributed by atoms with van der Waals surface area (Å²) in [6.07, 6.45) is 0. The Kier molecular flexibility index (Phi) is 6.30. The van der Waals surface area contributed by atoms with Gasteiger partial charge in [-0.25, -0.2) is 4.79 Å². The summed E-state index contributed by atoms with van der Waals surface area (Å²) in [5, 5.41) is 12.5. The number of ether oxygens (including phenoxy) is 2. The van der Waals surface area contributed by atoms with Crippen LogP contribution in [0.3, 0.4) is 0 Å². The molecule has 0 atom stereocenters. The van der Waals surface area contributed by atoms with Crippen LogP contribution in [-0.4, -0.2) is 30.7 Å². The number of nitrogens with two attached hydrogens (primary N) is 1. The van der Waals surface area contributed by atoms with Crippen LogP contribution in [0.25, 0.3) is 0 Å². The van der Waals surface area contributed by atoms with Gasteiger partial charge in [0.15, 0.2) is 18.1 Å². The number of carboxylic acid groups (broad SMARTS) is 1.